The fourth-order valence-corrected chi connectivity index (χ4v) is 1.74. The normalized spacial score (nSPS) is 13.2. The van der Waals surface area contributed by atoms with E-state index >= 15 is 0 Å². The molecule has 80 valence electrons. The Bertz CT molecular complexity index is 309. The van der Waals surface area contributed by atoms with E-state index in [4.69, 9.17) is 4.74 Å². The topological polar surface area (TPSA) is 27.1 Å². The molecular formula is C10H17BrN2O. The Balaban J connectivity index is 2.79. The largest absolute Gasteiger partial charge is 0.385 e. The van der Waals surface area contributed by atoms with Crippen molar-refractivity contribution in [2.24, 2.45) is 0 Å². The first-order chi connectivity index (χ1) is 6.57. The number of nitrogens with zero attached hydrogens (tertiary/aromatic N) is 2. The zero-order valence-electron chi connectivity index (χ0n) is 9.17. The van der Waals surface area contributed by atoms with Crippen LogP contribution in [0.2, 0.25) is 0 Å². The van der Waals surface area contributed by atoms with Crippen molar-refractivity contribution in [2.75, 3.05) is 13.7 Å². The first-order valence-electron chi connectivity index (χ1n) is 4.78. The molecule has 0 radical (unpaired) electrons. The zero-order valence-corrected chi connectivity index (χ0v) is 10.8. The summed E-state index contributed by atoms with van der Waals surface area (Å²) in [5.41, 5.74) is 2.23. The fraction of sp³-hybridized carbons (Fsp3) is 0.700. The van der Waals surface area contributed by atoms with Crippen molar-refractivity contribution in [1.82, 2.24) is 9.78 Å². The Hall–Kier alpha value is -0.350. The number of ether oxygens (including phenoxy) is 1. The maximum Gasteiger partial charge on any atom is 0.0738 e. The van der Waals surface area contributed by atoms with Gasteiger partial charge in [0, 0.05) is 13.7 Å². The molecule has 1 heterocycles. The van der Waals surface area contributed by atoms with Gasteiger partial charge in [0.2, 0.25) is 0 Å². The Morgan fingerprint density at radius 1 is 1.50 bits per heavy atom. The van der Waals surface area contributed by atoms with Crippen molar-refractivity contribution < 1.29 is 4.74 Å². The van der Waals surface area contributed by atoms with Gasteiger partial charge in [0.1, 0.15) is 0 Å². The molecule has 0 aliphatic heterocycles. The minimum atomic E-state index is 0.389. The summed E-state index contributed by atoms with van der Waals surface area (Å²) in [6.07, 6.45) is 0.991. The van der Waals surface area contributed by atoms with Crippen molar-refractivity contribution in [3.05, 3.63) is 15.9 Å². The van der Waals surface area contributed by atoms with Crippen LogP contribution in [0.25, 0.3) is 0 Å². The van der Waals surface area contributed by atoms with Gasteiger partial charge in [0.15, 0.2) is 0 Å². The van der Waals surface area contributed by atoms with Crippen LogP contribution in [-0.2, 0) is 4.74 Å². The van der Waals surface area contributed by atoms with E-state index in [9.17, 15) is 0 Å². The minimum Gasteiger partial charge on any atom is -0.385 e. The molecule has 1 unspecified atom stereocenters. The molecule has 4 heteroatoms. The maximum absolute atomic E-state index is 5.06. The highest BCUT2D eigenvalue weighted by Gasteiger charge is 2.13. The number of methoxy groups -OCH3 is 1. The van der Waals surface area contributed by atoms with E-state index in [1.807, 2.05) is 6.92 Å². The molecule has 1 atom stereocenters. The third-order valence-corrected chi connectivity index (χ3v) is 3.54. The molecule has 3 nitrogen and oxygen atoms in total. The first-order valence-corrected chi connectivity index (χ1v) is 5.57. The van der Waals surface area contributed by atoms with E-state index in [0.717, 1.165) is 23.2 Å². The Kier molecular flexibility index (Phi) is 4.13. The maximum atomic E-state index is 5.06. The lowest BCUT2D eigenvalue weighted by molar-refractivity contribution is 0.178. The molecule has 0 fully saturated rings. The first kappa shape index (κ1) is 11.7. The molecule has 0 saturated heterocycles. The quantitative estimate of drug-likeness (QED) is 0.833. The Labute approximate surface area is 93.6 Å². The molecule has 0 aliphatic rings. The van der Waals surface area contributed by atoms with E-state index in [-0.39, 0.29) is 0 Å². The second kappa shape index (κ2) is 4.94. The van der Waals surface area contributed by atoms with Gasteiger partial charge in [0.25, 0.3) is 0 Å². The molecule has 1 rings (SSSR count). The predicted molar refractivity (Wildman–Crippen MR) is 60.6 cm³/mol. The lowest BCUT2D eigenvalue weighted by Gasteiger charge is -2.13. The lowest BCUT2D eigenvalue weighted by Crippen LogP contribution is -2.11. The zero-order chi connectivity index (χ0) is 10.7. The molecule has 1 aromatic heterocycles. The number of hydrogen-bond acceptors (Lipinski definition) is 2. The molecule has 0 spiro atoms. The molecule has 0 aromatic carbocycles. The van der Waals surface area contributed by atoms with Crippen molar-refractivity contribution >= 4 is 15.9 Å². The second-order valence-corrected chi connectivity index (χ2v) is 4.35. The monoisotopic (exact) mass is 260 g/mol. The summed E-state index contributed by atoms with van der Waals surface area (Å²) in [7, 11) is 1.73. The van der Waals surface area contributed by atoms with Crippen LogP contribution in [0.4, 0.5) is 0 Å². The summed E-state index contributed by atoms with van der Waals surface area (Å²) in [5, 5.41) is 4.48. The fourth-order valence-electron chi connectivity index (χ4n) is 1.48. The van der Waals surface area contributed by atoms with E-state index < -0.39 is 0 Å². The van der Waals surface area contributed by atoms with Gasteiger partial charge >= 0.3 is 0 Å². The third kappa shape index (κ3) is 2.36. The van der Waals surface area contributed by atoms with Crippen LogP contribution < -0.4 is 0 Å². The van der Waals surface area contributed by atoms with Crippen LogP contribution in [0.3, 0.4) is 0 Å². The average Bonchev–Trinajstić information content (AvgIpc) is 2.42. The van der Waals surface area contributed by atoms with Gasteiger partial charge < -0.3 is 4.74 Å². The molecule has 0 saturated carbocycles. The van der Waals surface area contributed by atoms with Crippen LogP contribution in [0.15, 0.2) is 4.47 Å². The average molecular weight is 261 g/mol. The molecular weight excluding hydrogens is 244 g/mol. The van der Waals surface area contributed by atoms with Crippen LogP contribution in [0.1, 0.15) is 30.8 Å². The number of aromatic nitrogens is 2. The number of hydrogen-bond donors (Lipinski definition) is 0. The number of halogens is 1. The SMILES string of the molecule is COCCC(C)n1nc(C)c(Br)c1C. The highest BCUT2D eigenvalue weighted by molar-refractivity contribution is 9.10. The minimum absolute atomic E-state index is 0.389. The molecule has 0 amide bonds. The number of rotatable bonds is 4. The smallest absolute Gasteiger partial charge is 0.0738 e. The van der Waals surface area contributed by atoms with Crippen molar-refractivity contribution in [1.29, 1.82) is 0 Å². The van der Waals surface area contributed by atoms with Crippen molar-refractivity contribution in [2.45, 2.75) is 33.2 Å². The van der Waals surface area contributed by atoms with Gasteiger partial charge in [0.05, 0.1) is 21.9 Å². The van der Waals surface area contributed by atoms with Gasteiger partial charge in [-0.15, -0.1) is 0 Å². The van der Waals surface area contributed by atoms with Crippen molar-refractivity contribution in [3.8, 4) is 0 Å². The van der Waals surface area contributed by atoms with Gasteiger partial charge in [-0.2, -0.15) is 5.10 Å². The Morgan fingerprint density at radius 2 is 2.14 bits per heavy atom. The summed E-state index contributed by atoms with van der Waals surface area (Å²) in [6.45, 7) is 7.02. The van der Waals surface area contributed by atoms with Crippen LogP contribution >= 0.6 is 15.9 Å². The predicted octanol–water partition coefficient (Wildman–Crippen LogP) is 2.86. The van der Waals surface area contributed by atoms with Crippen molar-refractivity contribution in [3.63, 3.8) is 0 Å². The van der Waals surface area contributed by atoms with E-state index in [1.54, 1.807) is 7.11 Å². The Morgan fingerprint density at radius 3 is 2.57 bits per heavy atom. The molecule has 0 aliphatic carbocycles. The summed E-state index contributed by atoms with van der Waals surface area (Å²) >= 11 is 3.52. The standard InChI is InChI=1S/C10H17BrN2O/c1-7(5-6-14-4)13-9(3)10(11)8(2)12-13/h7H,5-6H2,1-4H3. The lowest BCUT2D eigenvalue weighted by atomic mass is 10.2. The van der Waals surface area contributed by atoms with Crippen LogP contribution in [0, 0.1) is 13.8 Å². The van der Waals surface area contributed by atoms with E-state index in [1.165, 1.54) is 5.69 Å². The highest BCUT2D eigenvalue weighted by Crippen LogP contribution is 2.23. The number of aryl methyl sites for hydroxylation is 1. The summed E-state index contributed by atoms with van der Waals surface area (Å²) in [4.78, 5) is 0. The molecule has 14 heavy (non-hydrogen) atoms. The molecule has 1 aromatic rings. The van der Waals surface area contributed by atoms with Gasteiger partial charge in [-0.25, -0.2) is 0 Å². The van der Waals surface area contributed by atoms with Crippen LogP contribution in [-0.4, -0.2) is 23.5 Å². The highest BCUT2D eigenvalue weighted by atomic mass is 79.9. The summed E-state index contributed by atoms with van der Waals surface area (Å²) in [6, 6.07) is 0.389. The second-order valence-electron chi connectivity index (χ2n) is 3.56. The van der Waals surface area contributed by atoms with E-state index in [0.29, 0.717) is 6.04 Å². The third-order valence-electron chi connectivity index (χ3n) is 2.39. The van der Waals surface area contributed by atoms with Crippen LogP contribution in [0.5, 0.6) is 0 Å². The van der Waals surface area contributed by atoms with Gasteiger partial charge in [-0.3, -0.25) is 4.68 Å². The summed E-state index contributed by atoms with van der Waals surface area (Å²) in [5.74, 6) is 0. The summed E-state index contributed by atoms with van der Waals surface area (Å²) < 4.78 is 8.22. The van der Waals surface area contributed by atoms with Gasteiger partial charge in [-0.1, -0.05) is 0 Å². The van der Waals surface area contributed by atoms with E-state index in [2.05, 4.69) is 39.6 Å². The van der Waals surface area contributed by atoms with Gasteiger partial charge in [-0.05, 0) is 43.1 Å². The molecule has 0 bridgehead atoms. The molecule has 0 N–H and O–H groups in total.